The molecule has 6 heteroatoms. The highest BCUT2D eigenvalue weighted by molar-refractivity contribution is 8.00. The van der Waals surface area contributed by atoms with Gasteiger partial charge in [0, 0.05) is 18.8 Å². The third-order valence-corrected chi connectivity index (χ3v) is 2.94. The molecule has 1 atom stereocenters. The van der Waals surface area contributed by atoms with E-state index >= 15 is 0 Å². The maximum atomic E-state index is 11.4. The van der Waals surface area contributed by atoms with Crippen LogP contribution in [0.4, 0.5) is 4.79 Å². The van der Waals surface area contributed by atoms with Gasteiger partial charge in [0.15, 0.2) is 0 Å². The molecule has 0 aromatic heterocycles. The molecule has 0 aliphatic carbocycles. The predicted molar refractivity (Wildman–Crippen MR) is 53.6 cm³/mol. The summed E-state index contributed by atoms with van der Waals surface area (Å²) in [6, 6.07) is 0. The Labute approximate surface area is 85.5 Å². The van der Waals surface area contributed by atoms with Crippen molar-refractivity contribution in [3.05, 3.63) is 0 Å². The van der Waals surface area contributed by atoms with E-state index in [1.54, 1.807) is 13.8 Å². The van der Waals surface area contributed by atoms with Crippen LogP contribution in [0.25, 0.3) is 0 Å². The van der Waals surface area contributed by atoms with Gasteiger partial charge in [-0.2, -0.15) is 0 Å². The molecule has 0 saturated carbocycles. The van der Waals surface area contributed by atoms with Gasteiger partial charge in [0.05, 0.1) is 6.42 Å². The van der Waals surface area contributed by atoms with Crippen LogP contribution >= 0.6 is 0 Å². The van der Waals surface area contributed by atoms with Crippen LogP contribution in [-0.4, -0.2) is 44.3 Å². The van der Waals surface area contributed by atoms with Crippen LogP contribution in [0.1, 0.15) is 20.3 Å². The summed E-state index contributed by atoms with van der Waals surface area (Å²) in [7, 11) is -1.71. The average molecular weight is 221 g/mol. The number of aliphatic carboxylic acids is 1. The quantitative estimate of drug-likeness (QED) is 0.740. The highest BCUT2D eigenvalue weighted by Gasteiger charge is 2.17. The highest BCUT2D eigenvalue weighted by Crippen LogP contribution is 1.98. The van der Waals surface area contributed by atoms with Gasteiger partial charge in [-0.25, -0.2) is 4.21 Å². The molecule has 0 aromatic carbocycles. The zero-order valence-electron chi connectivity index (χ0n) is 8.36. The molecule has 1 unspecified atom stereocenters. The molecule has 5 nitrogen and oxygen atoms in total. The van der Waals surface area contributed by atoms with Crippen LogP contribution in [-0.2, 0) is 15.6 Å². The number of carboxylic acid groups (broad SMARTS) is 1. The largest absolute Gasteiger partial charge is 0.481 e. The maximum absolute atomic E-state index is 11.4. The van der Waals surface area contributed by atoms with Gasteiger partial charge in [-0.05, 0) is 13.8 Å². The minimum Gasteiger partial charge on any atom is -0.481 e. The van der Waals surface area contributed by atoms with E-state index in [9.17, 15) is 13.8 Å². The molecule has 0 aromatic rings. The Morgan fingerprint density at radius 3 is 2.14 bits per heavy atom. The zero-order chi connectivity index (χ0) is 11.1. The molecule has 0 aliphatic heterocycles. The van der Waals surface area contributed by atoms with E-state index in [-0.39, 0.29) is 12.2 Å². The molecule has 1 N–H and O–H groups in total. The lowest BCUT2D eigenvalue weighted by Crippen LogP contribution is -2.33. The van der Waals surface area contributed by atoms with Gasteiger partial charge in [-0.1, -0.05) is 0 Å². The van der Waals surface area contributed by atoms with Crippen molar-refractivity contribution in [3.63, 3.8) is 0 Å². The smallest absolute Gasteiger partial charge is 0.311 e. The van der Waals surface area contributed by atoms with Crippen molar-refractivity contribution in [2.75, 3.05) is 18.8 Å². The van der Waals surface area contributed by atoms with Crippen molar-refractivity contribution in [1.29, 1.82) is 0 Å². The highest BCUT2D eigenvalue weighted by atomic mass is 32.2. The molecule has 0 saturated heterocycles. The molecule has 0 rings (SSSR count). The second-order valence-corrected chi connectivity index (χ2v) is 4.08. The number of amides is 1. The fourth-order valence-electron chi connectivity index (χ4n) is 0.893. The Bertz CT molecular complexity index is 237. The van der Waals surface area contributed by atoms with Crippen molar-refractivity contribution in [1.82, 2.24) is 4.90 Å². The van der Waals surface area contributed by atoms with Gasteiger partial charge in [0.1, 0.15) is 10.8 Å². The lowest BCUT2D eigenvalue weighted by Gasteiger charge is -2.17. The third-order valence-electron chi connectivity index (χ3n) is 1.72. The number of carboxylic acids is 1. The summed E-state index contributed by atoms with van der Waals surface area (Å²) in [5.41, 5.74) is 0. The van der Waals surface area contributed by atoms with Crippen LogP contribution in [0.15, 0.2) is 0 Å². The molecule has 82 valence electrons. The van der Waals surface area contributed by atoms with Gasteiger partial charge < -0.3 is 10.0 Å². The summed E-state index contributed by atoms with van der Waals surface area (Å²) >= 11 is 0. The molecule has 0 spiro atoms. The molecule has 0 aliphatic rings. The maximum Gasteiger partial charge on any atom is 0.311 e. The van der Waals surface area contributed by atoms with Gasteiger partial charge >= 0.3 is 11.2 Å². The first-order valence-electron chi connectivity index (χ1n) is 4.42. The summed E-state index contributed by atoms with van der Waals surface area (Å²) in [6.45, 7) is 4.56. The number of carbonyl (C=O) groups is 2. The van der Waals surface area contributed by atoms with Crippen molar-refractivity contribution in [2.24, 2.45) is 0 Å². The summed E-state index contributed by atoms with van der Waals surface area (Å²) in [6.07, 6.45) is -0.236. The number of hydrogen-bond acceptors (Lipinski definition) is 3. The van der Waals surface area contributed by atoms with E-state index in [0.29, 0.717) is 13.1 Å². The summed E-state index contributed by atoms with van der Waals surface area (Å²) in [4.78, 5) is 23.0. The number of rotatable bonds is 5. The van der Waals surface area contributed by atoms with Crippen LogP contribution in [0.3, 0.4) is 0 Å². The van der Waals surface area contributed by atoms with E-state index in [1.165, 1.54) is 4.90 Å². The minimum absolute atomic E-state index is 0.106. The molecule has 1 amide bonds. The Hall–Kier alpha value is -0.910. The Kier molecular flexibility index (Phi) is 6.11. The van der Waals surface area contributed by atoms with Gasteiger partial charge in [-0.15, -0.1) is 0 Å². The molecule has 0 bridgehead atoms. The lowest BCUT2D eigenvalue weighted by molar-refractivity contribution is -0.136. The van der Waals surface area contributed by atoms with E-state index in [0.717, 1.165) is 0 Å². The first-order chi connectivity index (χ1) is 6.52. The standard InChI is InChI=1S/C8H15NO4S/c1-3-9(4-2)8(12)14(13)6-5-7(10)11/h3-6H2,1-2H3,(H,10,11). The Balaban J connectivity index is 4.10. The minimum atomic E-state index is -1.71. The predicted octanol–water partition coefficient (Wildman–Crippen LogP) is 0.672. The second-order valence-electron chi connectivity index (χ2n) is 2.63. The van der Waals surface area contributed by atoms with Gasteiger partial charge in [0.2, 0.25) is 0 Å². The molecule has 0 heterocycles. The average Bonchev–Trinajstić information content (AvgIpc) is 2.15. The van der Waals surface area contributed by atoms with E-state index in [2.05, 4.69) is 0 Å². The van der Waals surface area contributed by atoms with Crippen LogP contribution < -0.4 is 0 Å². The summed E-state index contributed by atoms with van der Waals surface area (Å²) in [5, 5.41) is 7.86. The Morgan fingerprint density at radius 2 is 1.79 bits per heavy atom. The topological polar surface area (TPSA) is 74.7 Å². The molecular formula is C8H15NO4S. The molecular weight excluding hydrogens is 206 g/mol. The first kappa shape index (κ1) is 13.1. The fourth-order valence-corrected chi connectivity index (χ4v) is 1.97. The zero-order valence-corrected chi connectivity index (χ0v) is 9.17. The van der Waals surface area contributed by atoms with E-state index in [4.69, 9.17) is 5.11 Å². The summed E-state index contributed by atoms with van der Waals surface area (Å²) < 4.78 is 11.3. The van der Waals surface area contributed by atoms with E-state index in [1.807, 2.05) is 0 Å². The molecule has 14 heavy (non-hydrogen) atoms. The molecule has 0 fully saturated rings. The fraction of sp³-hybridized carbons (Fsp3) is 0.750. The number of hydrogen-bond donors (Lipinski definition) is 1. The SMILES string of the molecule is CCN(CC)C(=O)S(=O)CCC(=O)O. The van der Waals surface area contributed by atoms with Crippen LogP contribution in [0.2, 0.25) is 0 Å². The molecule has 0 radical (unpaired) electrons. The Morgan fingerprint density at radius 1 is 1.29 bits per heavy atom. The lowest BCUT2D eigenvalue weighted by atomic mass is 10.5. The van der Waals surface area contributed by atoms with Gasteiger partial charge in [0.25, 0.3) is 0 Å². The van der Waals surface area contributed by atoms with Gasteiger partial charge in [-0.3, -0.25) is 9.59 Å². The second kappa shape index (κ2) is 6.53. The normalized spacial score (nSPS) is 12.1. The third kappa shape index (κ3) is 4.36. The summed E-state index contributed by atoms with van der Waals surface area (Å²) in [5.74, 6) is -1.14. The van der Waals surface area contributed by atoms with Crippen molar-refractivity contribution in [3.8, 4) is 0 Å². The first-order valence-corrected chi connectivity index (χ1v) is 5.73. The number of carbonyl (C=O) groups excluding carboxylic acids is 1. The monoisotopic (exact) mass is 221 g/mol. The van der Waals surface area contributed by atoms with Crippen molar-refractivity contribution < 1.29 is 18.9 Å². The van der Waals surface area contributed by atoms with Crippen molar-refractivity contribution >= 4 is 22.0 Å². The van der Waals surface area contributed by atoms with E-state index < -0.39 is 22.0 Å². The number of nitrogens with zero attached hydrogens (tertiary/aromatic N) is 1. The van der Waals surface area contributed by atoms with Crippen molar-refractivity contribution in [2.45, 2.75) is 20.3 Å². The van der Waals surface area contributed by atoms with Crippen LogP contribution in [0.5, 0.6) is 0 Å². The van der Waals surface area contributed by atoms with Crippen LogP contribution in [0, 0.1) is 0 Å².